The number of aromatic nitrogens is 4. The molecule has 0 bridgehead atoms. The lowest BCUT2D eigenvalue weighted by molar-refractivity contribution is -0.183. The molecule has 1 heterocycles. The van der Waals surface area contributed by atoms with Crippen molar-refractivity contribution in [2.45, 2.75) is 104 Å². The molecule has 0 aromatic carbocycles. The summed E-state index contributed by atoms with van der Waals surface area (Å²) in [5, 5.41) is 22.6. The van der Waals surface area contributed by atoms with Crippen LogP contribution in [0.1, 0.15) is 85.5 Å². The van der Waals surface area contributed by atoms with Gasteiger partial charge in [0.15, 0.2) is 12.1 Å². The molecule has 0 aliphatic heterocycles. The first-order valence-corrected chi connectivity index (χ1v) is 13.2. The highest BCUT2D eigenvalue weighted by Crippen LogP contribution is 2.68. The van der Waals surface area contributed by atoms with E-state index in [0.29, 0.717) is 23.7 Å². The third kappa shape index (κ3) is 3.97. The molecular weight excluding hydrogens is 416 g/mol. The third-order valence-corrected chi connectivity index (χ3v) is 10.4. The van der Waals surface area contributed by atoms with E-state index in [-0.39, 0.29) is 35.2 Å². The number of ketones is 1. The van der Waals surface area contributed by atoms with Crippen molar-refractivity contribution in [2.24, 2.45) is 40.4 Å². The van der Waals surface area contributed by atoms with Gasteiger partial charge in [0.1, 0.15) is 6.54 Å². The van der Waals surface area contributed by atoms with Gasteiger partial charge in [-0.05, 0) is 118 Å². The minimum atomic E-state index is -0.539. The minimum Gasteiger partial charge on any atom is -0.390 e. The molecule has 0 radical (unpaired) electrons. The summed E-state index contributed by atoms with van der Waals surface area (Å²) >= 11 is 0. The fourth-order valence-corrected chi connectivity index (χ4v) is 8.88. The number of Topliss-reactive ketones (excluding diaryl/α,β-unsaturated/α-hetero) is 1. The van der Waals surface area contributed by atoms with Crippen LogP contribution in [0.15, 0.2) is 6.33 Å². The van der Waals surface area contributed by atoms with Crippen LogP contribution in [-0.2, 0) is 16.1 Å². The molecule has 184 valence electrons. The molecule has 0 unspecified atom stereocenters. The topological polar surface area (TPSA) is 90.1 Å². The molecule has 1 aromatic rings. The number of fused-ring (bicyclic) bond motifs is 5. The molecule has 4 aliphatic carbocycles. The normalized spacial score (nSPS) is 44.8. The quantitative estimate of drug-likeness (QED) is 0.691. The molecular formula is C26H42N4O3. The highest BCUT2D eigenvalue weighted by atomic mass is 16.5. The van der Waals surface area contributed by atoms with Crippen LogP contribution >= 0.6 is 0 Å². The van der Waals surface area contributed by atoms with E-state index in [1.165, 1.54) is 30.4 Å². The van der Waals surface area contributed by atoms with Crippen LogP contribution in [0.3, 0.4) is 0 Å². The van der Waals surface area contributed by atoms with Gasteiger partial charge in [0.05, 0.1) is 18.3 Å². The summed E-state index contributed by atoms with van der Waals surface area (Å²) in [4.78, 5) is 14.7. The number of carbonyl (C=O) groups excluding carboxylic acids is 1. The van der Waals surface area contributed by atoms with E-state index in [9.17, 15) is 9.90 Å². The number of nitrogens with zero attached hydrogens (tertiary/aromatic N) is 4. The lowest BCUT2D eigenvalue weighted by Gasteiger charge is -2.62. The van der Waals surface area contributed by atoms with Gasteiger partial charge in [-0.15, -0.1) is 10.2 Å². The van der Waals surface area contributed by atoms with Gasteiger partial charge in [-0.1, -0.05) is 6.92 Å². The third-order valence-electron chi connectivity index (χ3n) is 10.4. The maximum atomic E-state index is 13.3. The maximum Gasteiger partial charge on any atom is 0.162 e. The molecule has 4 fully saturated rings. The zero-order valence-electron chi connectivity index (χ0n) is 20.9. The highest BCUT2D eigenvalue weighted by molar-refractivity contribution is 5.81. The van der Waals surface area contributed by atoms with E-state index in [0.717, 1.165) is 45.1 Å². The number of ether oxygens (including phenoxy) is 1. The number of carbonyl (C=O) groups is 1. The molecule has 33 heavy (non-hydrogen) atoms. The summed E-state index contributed by atoms with van der Waals surface area (Å²) in [6.07, 6.45) is 11.4. The van der Waals surface area contributed by atoms with Gasteiger partial charge in [-0.2, -0.15) is 4.80 Å². The predicted octanol–water partition coefficient (Wildman–Crippen LogP) is 4.06. The molecule has 1 N–H and O–H groups in total. The van der Waals surface area contributed by atoms with Crippen LogP contribution in [0.4, 0.5) is 0 Å². The lowest BCUT2D eigenvalue weighted by atomic mass is 9.43. The highest BCUT2D eigenvalue weighted by Gasteiger charge is 2.63. The summed E-state index contributed by atoms with van der Waals surface area (Å²) in [6.45, 7) is 9.77. The monoisotopic (exact) mass is 458 g/mol. The Labute approximate surface area is 198 Å². The first-order valence-electron chi connectivity index (χ1n) is 13.2. The first-order chi connectivity index (χ1) is 15.6. The summed E-state index contributed by atoms with van der Waals surface area (Å²) in [5.41, 5.74) is -0.280. The average molecular weight is 459 g/mol. The molecule has 0 amide bonds. The zero-order chi connectivity index (χ0) is 23.4. The molecule has 0 saturated heterocycles. The number of tetrazole rings is 1. The molecule has 4 aliphatic rings. The second-order valence-electron chi connectivity index (χ2n) is 12.6. The fraction of sp³-hybridized carbons (Fsp3) is 0.923. The van der Waals surface area contributed by atoms with Crippen molar-refractivity contribution in [1.29, 1.82) is 0 Å². The van der Waals surface area contributed by atoms with Crippen LogP contribution < -0.4 is 0 Å². The Morgan fingerprint density at radius 1 is 1.12 bits per heavy atom. The maximum absolute atomic E-state index is 13.3. The Hall–Kier alpha value is -1.34. The van der Waals surface area contributed by atoms with Crippen LogP contribution in [0.5, 0.6) is 0 Å². The van der Waals surface area contributed by atoms with E-state index in [4.69, 9.17) is 4.74 Å². The van der Waals surface area contributed by atoms with Crippen molar-refractivity contribution in [2.75, 3.05) is 6.61 Å². The molecule has 0 spiro atoms. The molecule has 7 nitrogen and oxygen atoms in total. The van der Waals surface area contributed by atoms with Gasteiger partial charge >= 0.3 is 0 Å². The summed E-state index contributed by atoms with van der Waals surface area (Å²) in [5.74, 6) is 2.84. The van der Waals surface area contributed by atoms with Crippen molar-refractivity contribution in [3.63, 3.8) is 0 Å². The van der Waals surface area contributed by atoms with Crippen molar-refractivity contribution in [1.82, 2.24) is 20.2 Å². The summed E-state index contributed by atoms with van der Waals surface area (Å²) in [6, 6.07) is 0. The van der Waals surface area contributed by atoms with Gasteiger partial charge in [0, 0.05) is 5.92 Å². The van der Waals surface area contributed by atoms with E-state index in [2.05, 4.69) is 36.2 Å². The lowest BCUT2D eigenvalue weighted by Crippen LogP contribution is -2.58. The molecule has 4 saturated carbocycles. The summed E-state index contributed by atoms with van der Waals surface area (Å²) < 4.78 is 6.35. The smallest absolute Gasteiger partial charge is 0.162 e. The van der Waals surface area contributed by atoms with Crippen molar-refractivity contribution in [3.8, 4) is 0 Å². The Bertz CT molecular complexity index is 852. The second kappa shape index (κ2) is 8.40. The van der Waals surface area contributed by atoms with Gasteiger partial charge in [-0.25, -0.2) is 0 Å². The fourth-order valence-electron chi connectivity index (χ4n) is 8.88. The van der Waals surface area contributed by atoms with E-state index in [1.807, 2.05) is 6.92 Å². The van der Waals surface area contributed by atoms with Crippen molar-refractivity contribution in [3.05, 3.63) is 6.33 Å². The molecule has 8 atom stereocenters. The number of hydrogen-bond acceptors (Lipinski definition) is 6. The van der Waals surface area contributed by atoms with Crippen LogP contribution in [0, 0.1) is 40.4 Å². The van der Waals surface area contributed by atoms with Crippen LogP contribution in [-0.4, -0.2) is 49.4 Å². The Balaban J connectivity index is 1.39. The largest absolute Gasteiger partial charge is 0.390 e. The van der Waals surface area contributed by atoms with E-state index in [1.54, 1.807) is 0 Å². The molecule has 5 rings (SSSR count). The van der Waals surface area contributed by atoms with Crippen molar-refractivity contribution >= 4 is 5.78 Å². The first kappa shape index (κ1) is 23.4. The Morgan fingerprint density at radius 3 is 2.67 bits per heavy atom. The van der Waals surface area contributed by atoms with Gasteiger partial charge < -0.3 is 9.84 Å². The van der Waals surface area contributed by atoms with Gasteiger partial charge in [-0.3, -0.25) is 4.79 Å². The molecule has 1 aromatic heterocycles. The van der Waals surface area contributed by atoms with Gasteiger partial charge in [0.2, 0.25) is 0 Å². The average Bonchev–Trinajstić information content (AvgIpc) is 3.38. The second-order valence-corrected chi connectivity index (χ2v) is 12.6. The van der Waals surface area contributed by atoms with Gasteiger partial charge in [0.25, 0.3) is 0 Å². The zero-order valence-corrected chi connectivity index (χ0v) is 20.9. The standard InChI is InChI=1S/C26H42N4O3/c1-17(2)33-15-26-12-11-24(3,32)13-18(26)5-6-19-20-7-8-22(25(20,4)10-9-21(19)26)23(31)14-30-28-16-27-29-30/h16-22,32H,5-15H2,1-4H3/t18-,19+,20+,21+,22-,24-,25+,26-/m1/s1. The van der Waals surface area contributed by atoms with Crippen molar-refractivity contribution < 1.29 is 14.6 Å². The van der Waals surface area contributed by atoms with Crippen LogP contribution in [0.2, 0.25) is 0 Å². The Morgan fingerprint density at radius 2 is 1.94 bits per heavy atom. The minimum absolute atomic E-state index is 0.0753. The number of hydrogen-bond donors (Lipinski definition) is 1. The summed E-state index contributed by atoms with van der Waals surface area (Å²) in [7, 11) is 0. The number of aliphatic hydroxyl groups is 1. The van der Waals surface area contributed by atoms with E-state index < -0.39 is 5.60 Å². The van der Waals surface area contributed by atoms with Crippen LogP contribution in [0.25, 0.3) is 0 Å². The SMILES string of the molecule is CC(C)OC[C@]12CC[C@@](C)(O)C[C@H]1CC[C@H]1[C@@H]3CC[C@H](C(=O)Cn4ncnn4)[C@@]3(C)CC[C@@H]12. The predicted molar refractivity (Wildman–Crippen MR) is 124 cm³/mol. The number of rotatable bonds is 6. The Kier molecular flexibility index (Phi) is 5.96. The molecule has 7 heteroatoms. The van der Waals surface area contributed by atoms with E-state index >= 15 is 0 Å².